The average molecular weight is 525 g/mol. The Kier molecular flexibility index (Phi) is 13.3. The number of unbranched alkanes of at least 4 members (excludes halogenated alkanes) is 8. The molecule has 0 spiro atoms. The lowest BCUT2D eigenvalue weighted by atomic mass is 9.93. The highest BCUT2D eigenvalue weighted by atomic mass is 19.1. The monoisotopic (exact) mass is 524 g/mol. The molecule has 2 amide bonds. The fraction of sp³-hybridized carbons (Fsp3) is 0.562. The second-order valence-corrected chi connectivity index (χ2v) is 10.4. The van der Waals surface area contributed by atoms with Crippen LogP contribution in [0.5, 0.6) is 0 Å². The van der Waals surface area contributed by atoms with Gasteiger partial charge < -0.3 is 15.0 Å². The van der Waals surface area contributed by atoms with E-state index < -0.39 is 5.82 Å². The summed E-state index contributed by atoms with van der Waals surface area (Å²) in [6.45, 7) is 4.63. The van der Waals surface area contributed by atoms with Crippen molar-refractivity contribution in [2.75, 3.05) is 19.8 Å². The molecule has 0 bridgehead atoms. The molecule has 6 heteroatoms. The first-order valence-electron chi connectivity index (χ1n) is 14.6. The van der Waals surface area contributed by atoms with E-state index in [0.717, 1.165) is 57.1 Å². The number of fused-ring (bicyclic) bond motifs is 1. The summed E-state index contributed by atoms with van der Waals surface area (Å²) in [4.78, 5) is 26.8. The molecule has 38 heavy (non-hydrogen) atoms. The number of carbonyl (C=O) groups is 2. The molecule has 0 fully saturated rings. The van der Waals surface area contributed by atoms with Crippen LogP contribution < -0.4 is 5.32 Å². The zero-order valence-corrected chi connectivity index (χ0v) is 23.1. The van der Waals surface area contributed by atoms with E-state index in [-0.39, 0.29) is 17.9 Å². The first kappa shape index (κ1) is 29.8. The van der Waals surface area contributed by atoms with Gasteiger partial charge in [0.25, 0.3) is 5.91 Å². The van der Waals surface area contributed by atoms with Crippen LogP contribution in [-0.4, -0.2) is 42.5 Å². The second kappa shape index (κ2) is 17.0. The fourth-order valence-corrected chi connectivity index (χ4v) is 5.02. The van der Waals surface area contributed by atoms with Gasteiger partial charge in [0.2, 0.25) is 5.91 Å². The summed E-state index contributed by atoms with van der Waals surface area (Å²) in [6.07, 6.45) is 12.7. The first-order chi connectivity index (χ1) is 18.6. The Morgan fingerprint density at radius 3 is 2.37 bits per heavy atom. The van der Waals surface area contributed by atoms with Crippen molar-refractivity contribution in [3.8, 4) is 0 Å². The fourth-order valence-electron chi connectivity index (χ4n) is 5.02. The van der Waals surface area contributed by atoms with Gasteiger partial charge in [-0.05, 0) is 55.0 Å². The molecule has 0 saturated heterocycles. The lowest BCUT2D eigenvalue weighted by molar-refractivity contribution is -0.121. The minimum absolute atomic E-state index is 0.0607. The Hall–Kier alpha value is -2.73. The van der Waals surface area contributed by atoms with E-state index in [0.29, 0.717) is 31.7 Å². The molecule has 1 atom stereocenters. The van der Waals surface area contributed by atoms with Gasteiger partial charge in [0.1, 0.15) is 5.82 Å². The van der Waals surface area contributed by atoms with Gasteiger partial charge in [0.05, 0.1) is 12.6 Å². The highest BCUT2D eigenvalue weighted by Crippen LogP contribution is 2.25. The van der Waals surface area contributed by atoms with Gasteiger partial charge in [-0.3, -0.25) is 9.59 Å². The summed E-state index contributed by atoms with van der Waals surface area (Å²) >= 11 is 0. The van der Waals surface area contributed by atoms with Crippen molar-refractivity contribution >= 4 is 11.8 Å². The number of hydrogen-bond acceptors (Lipinski definition) is 3. The zero-order chi connectivity index (χ0) is 27.0. The molecule has 1 N–H and O–H groups in total. The topological polar surface area (TPSA) is 58.6 Å². The van der Waals surface area contributed by atoms with E-state index in [2.05, 4.69) is 24.4 Å². The summed E-state index contributed by atoms with van der Waals surface area (Å²) in [5.41, 5.74) is 2.77. The van der Waals surface area contributed by atoms with Crippen molar-refractivity contribution in [2.24, 2.45) is 0 Å². The normalized spacial score (nSPS) is 14.8. The number of nitrogens with zero attached hydrogens (tertiary/aromatic N) is 1. The number of benzene rings is 2. The van der Waals surface area contributed by atoms with Crippen LogP contribution >= 0.6 is 0 Å². The van der Waals surface area contributed by atoms with Crippen molar-refractivity contribution in [3.63, 3.8) is 0 Å². The third kappa shape index (κ3) is 10.2. The molecule has 2 aromatic carbocycles. The van der Waals surface area contributed by atoms with Crippen molar-refractivity contribution < 1.29 is 18.7 Å². The third-order valence-electron chi connectivity index (χ3n) is 7.29. The minimum Gasteiger partial charge on any atom is -0.379 e. The number of halogens is 1. The molecule has 0 aromatic heterocycles. The van der Waals surface area contributed by atoms with Gasteiger partial charge in [-0.1, -0.05) is 82.2 Å². The Morgan fingerprint density at radius 2 is 1.63 bits per heavy atom. The number of ether oxygens (including phenoxy) is 1. The van der Waals surface area contributed by atoms with Gasteiger partial charge in [0.15, 0.2) is 0 Å². The number of nitrogens with one attached hydrogen (secondary N) is 1. The van der Waals surface area contributed by atoms with Gasteiger partial charge in [-0.25, -0.2) is 4.39 Å². The van der Waals surface area contributed by atoms with Crippen LogP contribution in [0.4, 0.5) is 4.39 Å². The molecular formula is C32H45FN2O3. The van der Waals surface area contributed by atoms with Crippen LogP contribution in [0, 0.1) is 5.82 Å². The lowest BCUT2D eigenvalue weighted by Gasteiger charge is -2.37. The van der Waals surface area contributed by atoms with Crippen LogP contribution in [0.1, 0.15) is 99.0 Å². The smallest absolute Gasteiger partial charge is 0.254 e. The molecule has 0 unspecified atom stereocenters. The van der Waals surface area contributed by atoms with Crippen LogP contribution in [0.25, 0.3) is 0 Å². The van der Waals surface area contributed by atoms with Crippen molar-refractivity contribution in [3.05, 3.63) is 71.0 Å². The molecule has 1 heterocycles. The number of rotatable bonds is 17. The molecule has 3 rings (SSSR count). The molecule has 2 aromatic rings. The maximum Gasteiger partial charge on any atom is 0.254 e. The van der Waals surface area contributed by atoms with E-state index in [1.54, 1.807) is 12.1 Å². The third-order valence-corrected chi connectivity index (χ3v) is 7.29. The molecular weight excluding hydrogens is 479 g/mol. The number of carbonyl (C=O) groups excluding carboxylic acids is 2. The number of amides is 2. The molecule has 0 saturated carbocycles. The molecule has 1 aliphatic heterocycles. The molecule has 1 aliphatic rings. The average Bonchev–Trinajstić information content (AvgIpc) is 2.93. The van der Waals surface area contributed by atoms with Crippen LogP contribution in [0.3, 0.4) is 0 Å². The number of hydrogen-bond donors (Lipinski definition) is 1. The first-order valence-corrected chi connectivity index (χ1v) is 14.6. The van der Waals surface area contributed by atoms with Gasteiger partial charge in [-0.15, -0.1) is 0 Å². The van der Waals surface area contributed by atoms with E-state index in [4.69, 9.17) is 4.74 Å². The van der Waals surface area contributed by atoms with Crippen molar-refractivity contribution in [1.29, 1.82) is 0 Å². The maximum absolute atomic E-state index is 13.8. The SMILES string of the molecule is CCCCNC(=O)CCCCCCCCCCOC[C@@H]1Cc2ccccc2CN1C(=O)c1cccc(F)c1. The summed E-state index contributed by atoms with van der Waals surface area (Å²) in [5, 5.41) is 2.98. The Morgan fingerprint density at radius 1 is 0.921 bits per heavy atom. The summed E-state index contributed by atoms with van der Waals surface area (Å²) in [5.74, 6) is -0.353. The van der Waals surface area contributed by atoms with E-state index in [1.165, 1.54) is 43.4 Å². The zero-order valence-electron chi connectivity index (χ0n) is 23.1. The predicted octanol–water partition coefficient (Wildman–Crippen LogP) is 6.84. The largest absolute Gasteiger partial charge is 0.379 e. The van der Waals surface area contributed by atoms with Gasteiger partial charge in [0, 0.05) is 31.7 Å². The van der Waals surface area contributed by atoms with Crippen LogP contribution in [0.15, 0.2) is 48.5 Å². The standard InChI is InChI=1S/C32H45FN2O3/c1-2-3-20-34-31(36)19-10-8-6-4-5-7-9-13-21-38-25-30-23-26-15-11-12-16-28(26)24-35(30)32(37)27-17-14-18-29(33)22-27/h11-12,14-18,22,30H,2-10,13,19-21,23-25H2,1H3,(H,34,36)/t30-/m0/s1. The molecule has 208 valence electrons. The highest BCUT2D eigenvalue weighted by molar-refractivity contribution is 5.94. The predicted molar refractivity (Wildman–Crippen MR) is 150 cm³/mol. The summed E-state index contributed by atoms with van der Waals surface area (Å²) in [6, 6.07) is 14.1. The highest BCUT2D eigenvalue weighted by Gasteiger charge is 2.30. The minimum atomic E-state index is -0.397. The van der Waals surface area contributed by atoms with Crippen molar-refractivity contribution in [2.45, 2.75) is 96.6 Å². The van der Waals surface area contributed by atoms with Gasteiger partial charge >= 0.3 is 0 Å². The Labute approximate surface area is 228 Å². The molecule has 0 aliphatic carbocycles. The van der Waals surface area contributed by atoms with E-state index in [1.807, 2.05) is 17.0 Å². The van der Waals surface area contributed by atoms with Crippen LogP contribution in [-0.2, 0) is 22.5 Å². The summed E-state index contributed by atoms with van der Waals surface area (Å²) < 4.78 is 19.8. The van der Waals surface area contributed by atoms with Gasteiger partial charge in [-0.2, -0.15) is 0 Å². The lowest BCUT2D eigenvalue weighted by Crippen LogP contribution is -2.46. The van der Waals surface area contributed by atoms with E-state index >= 15 is 0 Å². The molecule has 0 radical (unpaired) electrons. The summed E-state index contributed by atoms with van der Waals surface area (Å²) in [7, 11) is 0. The maximum atomic E-state index is 13.8. The second-order valence-electron chi connectivity index (χ2n) is 10.4. The Balaban J connectivity index is 1.30. The van der Waals surface area contributed by atoms with Crippen molar-refractivity contribution in [1.82, 2.24) is 10.2 Å². The van der Waals surface area contributed by atoms with Crippen LogP contribution in [0.2, 0.25) is 0 Å². The Bertz CT molecular complexity index is 996. The molecule has 5 nitrogen and oxygen atoms in total. The quantitative estimate of drug-likeness (QED) is 0.231. The van der Waals surface area contributed by atoms with E-state index in [9.17, 15) is 14.0 Å².